The number of aliphatic carboxylic acids is 1. The Balaban J connectivity index is 1.92. The van der Waals surface area contributed by atoms with Crippen molar-refractivity contribution >= 4 is 5.97 Å². The lowest BCUT2D eigenvalue weighted by molar-refractivity contribution is -0.137. The summed E-state index contributed by atoms with van der Waals surface area (Å²) in [7, 11) is 0. The second kappa shape index (κ2) is 3.16. The summed E-state index contributed by atoms with van der Waals surface area (Å²) in [6.45, 7) is 0. The first-order chi connectivity index (χ1) is 6.25. The Kier molecular flexibility index (Phi) is 2.00. The number of carboxylic acid groups (broad SMARTS) is 1. The molecule has 0 saturated heterocycles. The van der Waals surface area contributed by atoms with E-state index < -0.39 is 5.97 Å². The first-order valence-corrected chi connectivity index (χ1v) is 4.38. The first-order valence-electron chi connectivity index (χ1n) is 4.38. The minimum Gasteiger partial charge on any atom is -0.481 e. The molecule has 13 heavy (non-hydrogen) atoms. The number of hydrogen-bond acceptors (Lipinski definition) is 3. The number of aromatic nitrogens is 3. The van der Waals surface area contributed by atoms with Crippen molar-refractivity contribution < 1.29 is 9.90 Å². The molecule has 1 aromatic rings. The highest BCUT2D eigenvalue weighted by Gasteiger charge is 2.27. The van der Waals surface area contributed by atoms with Gasteiger partial charge in [0.1, 0.15) is 5.82 Å². The molecule has 2 N–H and O–H groups in total. The van der Waals surface area contributed by atoms with Gasteiger partial charge in [-0.25, -0.2) is 4.98 Å². The zero-order valence-electron chi connectivity index (χ0n) is 7.16. The molecule has 0 spiro atoms. The van der Waals surface area contributed by atoms with Crippen LogP contribution in [0.15, 0.2) is 0 Å². The van der Waals surface area contributed by atoms with Crippen LogP contribution in [-0.2, 0) is 11.2 Å². The highest BCUT2D eigenvalue weighted by molar-refractivity contribution is 5.66. The van der Waals surface area contributed by atoms with Gasteiger partial charge in [-0.05, 0) is 12.8 Å². The number of nitrogens with one attached hydrogen (secondary N) is 1. The Labute approximate surface area is 75.2 Å². The topological polar surface area (TPSA) is 78.9 Å². The molecule has 2 rings (SSSR count). The molecule has 0 amide bonds. The summed E-state index contributed by atoms with van der Waals surface area (Å²) in [5, 5.41) is 15.2. The number of carboxylic acids is 1. The molecule has 0 aromatic carbocycles. The Morgan fingerprint density at radius 2 is 2.38 bits per heavy atom. The Morgan fingerprint density at radius 1 is 1.62 bits per heavy atom. The Bertz CT molecular complexity index is 317. The molecular weight excluding hydrogens is 170 g/mol. The Morgan fingerprint density at radius 3 is 3.00 bits per heavy atom. The zero-order valence-corrected chi connectivity index (χ0v) is 7.16. The molecule has 5 heteroatoms. The fourth-order valence-corrected chi connectivity index (χ4v) is 1.17. The molecule has 0 radical (unpaired) electrons. The summed E-state index contributed by atoms with van der Waals surface area (Å²) in [5.41, 5.74) is 0. The van der Waals surface area contributed by atoms with E-state index >= 15 is 0 Å². The average molecular weight is 181 g/mol. The van der Waals surface area contributed by atoms with E-state index in [1.807, 2.05) is 0 Å². The fraction of sp³-hybridized carbons (Fsp3) is 0.625. The monoisotopic (exact) mass is 181 g/mol. The van der Waals surface area contributed by atoms with E-state index in [0.717, 1.165) is 18.7 Å². The van der Waals surface area contributed by atoms with Crippen LogP contribution in [0.1, 0.15) is 36.8 Å². The van der Waals surface area contributed by atoms with Crippen LogP contribution < -0.4 is 0 Å². The van der Waals surface area contributed by atoms with Crippen molar-refractivity contribution in [1.82, 2.24) is 15.2 Å². The maximum Gasteiger partial charge on any atom is 0.303 e. The van der Waals surface area contributed by atoms with Crippen molar-refractivity contribution in [1.29, 1.82) is 0 Å². The van der Waals surface area contributed by atoms with Gasteiger partial charge in [0, 0.05) is 12.3 Å². The highest BCUT2D eigenvalue weighted by atomic mass is 16.4. The predicted octanol–water partition coefficient (Wildman–Crippen LogP) is 0.699. The van der Waals surface area contributed by atoms with E-state index in [1.54, 1.807) is 0 Å². The van der Waals surface area contributed by atoms with E-state index in [-0.39, 0.29) is 6.42 Å². The van der Waals surface area contributed by atoms with Gasteiger partial charge in [-0.2, -0.15) is 5.10 Å². The maximum atomic E-state index is 10.3. The van der Waals surface area contributed by atoms with Gasteiger partial charge in [-0.3, -0.25) is 9.89 Å². The third-order valence-electron chi connectivity index (χ3n) is 2.07. The minimum absolute atomic E-state index is 0.110. The van der Waals surface area contributed by atoms with E-state index in [4.69, 9.17) is 5.11 Å². The summed E-state index contributed by atoms with van der Waals surface area (Å²) >= 11 is 0. The second-order valence-electron chi connectivity index (χ2n) is 3.31. The normalized spacial score (nSPS) is 16.0. The molecule has 1 aliphatic rings. The largest absolute Gasteiger partial charge is 0.481 e. The summed E-state index contributed by atoms with van der Waals surface area (Å²) in [6, 6.07) is 0. The van der Waals surface area contributed by atoms with Crippen LogP contribution in [0.2, 0.25) is 0 Å². The Hall–Kier alpha value is -1.39. The molecule has 70 valence electrons. The van der Waals surface area contributed by atoms with Crippen LogP contribution >= 0.6 is 0 Å². The third-order valence-corrected chi connectivity index (χ3v) is 2.07. The van der Waals surface area contributed by atoms with Gasteiger partial charge in [-0.1, -0.05) is 0 Å². The van der Waals surface area contributed by atoms with Crippen LogP contribution in [0, 0.1) is 0 Å². The van der Waals surface area contributed by atoms with Gasteiger partial charge >= 0.3 is 5.97 Å². The summed E-state index contributed by atoms with van der Waals surface area (Å²) < 4.78 is 0. The van der Waals surface area contributed by atoms with Crippen molar-refractivity contribution in [3.63, 3.8) is 0 Å². The standard InChI is InChI=1S/C8H11N3O2/c12-7(13)4-3-6-9-8(11-10-6)5-1-2-5/h5H,1-4H2,(H,12,13)(H,9,10,11). The average Bonchev–Trinajstić information content (AvgIpc) is 2.83. The van der Waals surface area contributed by atoms with E-state index in [2.05, 4.69) is 15.2 Å². The van der Waals surface area contributed by atoms with Gasteiger partial charge in [0.2, 0.25) is 0 Å². The number of H-pyrrole nitrogens is 1. The molecule has 0 bridgehead atoms. The van der Waals surface area contributed by atoms with Crippen LogP contribution in [0.3, 0.4) is 0 Å². The zero-order chi connectivity index (χ0) is 9.26. The number of carbonyl (C=O) groups is 1. The highest BCUT2D eigenvalue weighted by Crippen LogP contribution is 2.37. The smallest absolute Gasteiger partial charge is 0.303 e. The van der Waals surface area contributed by atoms with Crippen LogP contribution in [0.5, 0.6) is 0 Å². The van der Waals surface area contributed by atoms with Gasteiger partial charge in [0.05, 0.1) is 6.42 Å². The molecule has 1 heterocycles. The summed E-state index contributed by atoms with van der Waals surface area (Å²) in [5.74, 6) is 1.25. The first kappa shape index (κ1) is 8.22. The number of hydrogen-bond donors (Lipinski definition) is 2. The van der Waals surface area contributed by atoms with E-state index in [0.29, 0.717) is 18.2 Å². The van der Waals surface area contributed by atoms with Crippen LogP contribution in [0.4, 0.5) is 0 Å². The van der Waals surface area contributed by atoms with Crippen molar-refractivity contribution in [3.8, 4) is 0 Å². The van der Waals surface area contributed by atoms with Gasteiger partial charge < -0.3 is 5.11 Å². The minimum atomic E-state index is -0.802. The lowest BCUT2D eigenvalue weighted by atomic mass is 10.3. The maximum absolute atomic E-state index is 10.3. The molecule has 1 fully saturated rings. The lowest BCUT2D eigenvalue weighted by Crippen LogP contribution is -1.98. The quantitative estimate of drug-likeness (QED) is 0.716. The molecule has 1 saturated carbocycles. The van der Waals surface area contributed by atoms with Crippen molar-refractivity contribution in [3.05, 3.63) is 11.6 Å². The van der Waals surface area contributed by atoms with Gasteiger partial charge in [-0.15, -0.1) is 0 Å². The van der Waals surface area contributed by atoms with E-state index in [1.165, 1.54) is 0 Å². The number of aryl methyl sites for hydroxylation is 1. The van der Waals surface area contributed by atoms with Crippen molar-refractivity contribution in [2.24, 2.45) is 0 Å². The third kappa shape index (κ3) is 2.05. The molecule has 5 nitrogen and oxygen atoms in total. The second-order valence-corrected chi connectivity index (χ2v) is 3.31. The molecule has 0 atom stereocenters. The molecule has 1 aliphatic carbocycles. The summed E-state index contributed by atoms with van der Waals surface area (Å²) in [6.07, 6.45) is 2.88. The number of nitrogens with zero attached hydrogens (tertiary/aromatic N) is 2. The molecular formula is C8H11N3O2. The SMILES string of the molecule is O=C(O)CCc1nc(C2CC2)n[nH]1. The van der Waals surface area contributed by atoms with E-state index in [9.17, 15) is 4.79 Å². The lowest BCUT2D eigenvalue weighted by Gasteiger charge is -1.89. The van der Waals surface area contributed by atoms with Gasteiger partial charge in [0.25, 0.3) is 0 Å². The van der Waals surface area contributed by atoms with Crippen LogP contribution in [0.25, 0.3) is 0 Å². The molecule has 0 aliphatic heterocycles. The van der Waals surface area contributed by atoms with Crippen molar-refractivity contribution in [2.75, 3.05) is 0 Å². The molecule has 1 aromatic heterocycles. The van der Waals surface area contributed by atoms with Gasteiger partial charge in [0.15, 0.2) is 5.82 Å². The number of rotatable bonds is 4. The summed E-state index contributed by atoms with van der Waals surface area (Å²) in [4.78, 5) is 14.5. The number of aromatic amines is 1. The predicted molar refractivity (Wildman–Crippen MR) is 44.3 cm³/mol. The van der Waals surface area contributed by atoms with Crippen molar-refractivity contribution in [2.45, 2.75) is 31.6 Å². The fourth-order valence-electron chi connectivity index (χ4n) is 1.17. The molecule has 0 unspecified atom stereocenters. The van der Waals surface area contributed by atoms with Crippen LogP contribution in [-0.4, -0.2) is 26.3 Å².